The van der Waals surface area contributed by atoms with Crippen molar-refractivity contribution in [3.05, 3.63) is 108 Å². The topological polar surface area (TPSA) is 106 Å². The quantitative estimate of drug-likeness (QED) is 0.355. The summed E-state index contributed by atoms with van der Waals surface area (Å²) in [6, 6.07) is 25.4. The fourth-order valence-electron chi connectivity index (χ4n) is 3.55. The van der Waals surface area contributed by atoms with Gasteiger partial charge < -0.3 is 19.9 Å². The maximum Gasteiger partial charge on any atom is 0.408 e. The fourth-order valence-corrected chi connectivity index (χ4v) is 3.55. The van der Waals surface area contributed by atoms with Gasteiger partial charge in [0.05, 0.1) is 0 Å². The van der Waals surface area contributed by atoms with E-state index >= 15 is 0 Å². The second-order valence-electron chi connectivity index (χ2n) is 8.50. The zero-order valence-electron chi connectivity index (χ0n) is 20.2. The van der Waals surface area contributed by atoms with Gasteiger partial charge in [0.15, 0.2) is 0 Å². The molecule has 3 aromatic carbocycles. The smallest absolute Gasteiger partial charge is 0.408 e. The van der Waals surface area contributed by atoms with Gasteiger partial charge in [-0.15, -0.1) is 0 Å². The van der Waals surface area contributed by atoms with Crippen LogP contribution in [0.2, 0.25) is 0 Å². The van der Waals surface area contributed by atoms with Gasteiger partial charge in [-0.1, -0.05) is 95.6 Å². The number of nitrogens with one attached hydrogen (secondary N) is 2. The SMILES string of the molecule is Cc1ccc(-c2noc([C@H](Cc3ccccc3)NC(=O)[C@@H](C)NC(=O)OCc3ccccc3)n2)cc1. The van der Waals surface area contributed by atoms with E-state index in [1.807, 2.05) is 91.9 Å². The number of benzene rings is 3. The molecule has 0 fully saturated rings. The molecular weight excluding hydrogens is 456 g/mol. The molecule has 0 radical (unpaired) electrons. The lowest BCUT2D eigenvalue weighted by Gasteiger charge is -2.19. The van der Waals surface area contributed by atoms with Crippen molar-refractivity contribution in [1.29, 1.82) is 0 Å². The molecule has 8 nitrogen and oxygen atoms in total. The van der Waals surface area contributed by atoms with Crippen LogP contribution in [-0.4, -0.2) is 28.2 Å². The Hall–Kier alpha value is -4.46. The Morgan fingerprint density at radius 2 is 1.53 bits per heavy atom. The molecule has 0 aliphatic rings. The summed E-state index contributed by atoms with van der Waals surface area (Å²) in [7, 11) is 0. The summed E-state index contributed by atoms with van der Waals surface area (Å²) < 4.78 is 10.8. The molecule has 2 amide bonds. The average molecular weight is 485 g/mol. The molecule has 2 atom stereocenters. The predicted molar refractivity (Wildman–Crippen MR) is 135 cm³/mol. The van der Waals surface area contributed by atoms with E-state index < -0.39 is 24.1 Å². The summed E-state index contributed by atoms with van der Waals surface area (Å²) in [6.45, 7) is 3.70. The highest BCUT2D eigenvalue weighted by Gasteiger charge is 2.25. The van der Waals surface area contributed by atoms with Gasteiger partial charge in [-0.2, -0.15) is 4.98 Å². The summed E-state index contributed by atoms with van der Waals surface area (Å²) in [5, 5.41) is 9.60. The lowest BCUT2D eigenvalue weighted by molar-refractivity contribution is -0.123. The first-order chi connectivity index (χ1) is 17.5. The largest absolute Gasteiger partial charge is 0.445 e. The Balaban J connectivity index is 1.43. The monoisotopic (exact) mass is 484 g/mol. The maximum absolute atomic E-state index is 13.0. The Kier molecular flexibility index (Phi) is 8.08. The molecule has 1 heterocycles. The molecule has 0 bridgehead atoms. The minimum Gasteiger partial charge on any atom is -0.445 e. The van der Waals surface area contributed by atoms with Gasteiger partial charge in [-0.25, -0.2) is 4.79 Å². The third kappa shape index (κ3) is 6.79. The van der Waals surface area contributed by atoms with Gasteiger partial charge in [-0.3, -0.25) is 4.79 Å². The number of carbonyl (C=O) groups is 2. The van der Waals surface area contributed by atoms with Crippen molar-refractivity contribution in [3.8, 4) is 11.4 Å². The predicted octanol–water partition coefficient (Wildman–Crippen LogP) is 4.76. The van der Waals surface area contributed by atoms with E-state index in [9.17, 15) is 9.59 Å². The van der Waals surface area contributed by atoms with Gasteiger partial charge in [0.2, 0.25) is 17.6 Å². The van der Waals surface area contributed by atoms with Crippen molar-refractivity contribution < 1.29 is 18.8 Å². The highest BCUT2D eigenvalue weighted by Crippen LogP contribution is 2.22. The molecule has 4 rings (SSSR count). The van der Waals surface area contributed by atoms with Gasteiger partial charge >= 0.3 is 6.09 Å². The number of alkyl carbamates (subject to hydrolysis) is 1. The van der Waals surface area contributed by atoms with Crippen LogP contribution in [0.5, 0.6) is 0 Å². The second kappa shape index (κ2) is 11.8. The third-order valence-electron chi connectivity index (χ3n) is 5.59. The minimum absolute atomic E-state index is 0.113. The summed E-state index contributed by atoms with van der Waals surface area (Å²) in [4.78, 5) is 29.7. The van der Waals surface area contributed by atoms with E-state index in [1.165, 1.54) is 0 Å². The highest BCUT2D eigenvalue weighted by atomic mass is 16.5. The Morgan fingerprint density at radius 1 is 0.889 bits per heavy atom. The minimum atomic E-state index is -0.842. The zero-order valence-corrected chi connectivity index (χ0v) is 20.2. The fraction of sp³-hybridized carbons (Fsp3) is 0.214. The van der Waals surface area contributed by atoms with Crippen molar-refractivity contribution in [2.45, 2.75) is 39.0 Å². The van der Waals surface area contributed by atoms with Crippen LogP contribution >= 0.6 is 0 Å². The first-order valence-electron chi connectivity index (χ1n) is 11.7. The van der Waals surface area contributed by atoms with E-state index in [-0.39, 0.29) is 12.5 Å². The molecule has 0 aliphatic heterocycles. The molecule has 0 aliphatic carbocycles. The van der Waals surface area contributed by atoms with Crippen LogP contribution in [-0.2, 0) is 22.6 Å². The maximum atomic E-state index is 13.0. The lowest BCUT2D eigenvalue weighted by atomic mass is 10.1. The lowest BCUT2D eigenvalue weighted by Crippen LogP contribution is -2.46. The van der Waals surface area contributed by atoms with Crippen LogP contribution in [0.3, 0.4) is 0 Å². The molecule has 0 spiro atoms. The number of aromatic nitrogens is 2. The van der Waals surface area contributed by atoms with Gasteiger partial charge in [0.1, 0.15) is 18.7 Å². The summed E-state index contributed by atoms with van der Waals surface area (Å²) >= 11 is 0. The Labute approximate surface area is 209 Å². The number of rotatable bonds is 9. The van der Waals surface area contributed by atoms with Crippen LogP contribution in [0.15, 0.2) is 89.5 Å². The van der Waals surface area contributed by atoms with Crippen LogP contribution in [0.25, 0.3) is 11.4 Å². The first kappa shape index (κ1) is 24.7. The zero-order chi connectivity index (χ0) is 25.3. The van der Waals surface area contributed by atoms with Crippen LogP contribution in [0.4, 0.5) is 4.79 Å². The van der Waals surface area contributed by atoms with Gasteiger partial charge in [-0.05, 0) is 25.0 Å². The average Bonchev–Trinajstić information content (AvgIpc) is 3.39. The first-order valence-corrected chi connectivity index (χ1v) is 11.7. The van der Waals surface area contributed by atoms with Crippen molar-refractivity contribution in [2.24, 2.45) is 0 Å². The van der Waals surface area contributed by atoms with Crippen LogP contribution in [0.1, 0.15) is 35.5 Å². The number of nitrogens with zero attached hydrogens (tertiary/aromatic N) is 2. The van der Waals surface area contributed by atoms with Crippen LogP contribution < -0.4 is 10.6 Å². The second-order valence-corrected chi connectivity index (χ2v) is 8.50. The van der Waals surface area contributed by atoms with Crippen molar-refractivity contribution >= 4 is 12.0 Å². The molecule has 4 aromatic rings. The molecule has 2 N–H and O–H groups in total. The normalized spacial score (nSPS) is 12.4. The van der Waals surface area contributed by atoms with Crippen LogP contribution in [0, 0.1) is 6.92 Å². The number of amides is 2. The molecule has 1 aromatic heterocycles. The summed E-state index contributed by atoms with van der Waals surface area (Å²) in [6.07, 6.45) is -0.242. The Bertz CT molecular complexity index is 1270. The highest BCUT2D eigenvalue weighted by molar-refractivity contribution is 5.85. The van der Waals surface area contributed by atoms with E-state index in [0.717, 1.165) is 22.3 Å². The molecule has 184 valence electrons. The van der Waals surface area contributed by atoms with E-state index in [4.69, 9.17) is 9.26 Å². The van der Waals surface area contributed by atoms with Crippen molar-refractivity contribution in [2.75, 3.05) is 0 Å². The number of ether oxygens (including phenoxy) is 1. The number of hydrogen-bond donors (Lipinski definition) is 2. The Morgan fingerprint density at radius 3 is 2.19 bits per heavy atom. The van der Waals surface area contributed by atoms with E-state index in [0.29, 0.717) is 12.2 Å². The van der Waals surface area contributed by atoms with Crippen molar-refractivity contribution in [3.63, 3.8) is 0 Å². The molecule has 0 saturated carbocycles. The third-order valence-corrected chi connectivity index (χ3v) is 5.59. The van der Waals surface area contributed by atoms with Gasteiger partial charge in [0, 0.05) is 12.0 Å². The molecule has 0 unspecified atom stereocenters. The van der Waals surface area contributed by atoms with E-state index in [2.05, 4.69) is 20.8 Å². The molecule has 36 heavy (non-hydrogen) atoms. The van der Waals surface area contributed by atoms with E-state index in [1.54, 1.807) is 6.92 Å². The number of aryl methyl sites for hydroxylation is 1. The molecular formula is C28H28N4O4. The summed E-state index contributed by atoms with van der Waals surface area (Å²) in [5.74, 6) is 0.317. The standard InChI is InChI=1S/C28H28N4O4/c1-19-13-15-23(16-14-19)25-31-27(36-32-25)24(17-21-9-5-3-6-10-21)30-26(33)20(2)29-28(34)35-18-22-11-7-4-8-12-22/h3-16,20,24H,17-18H2,1-2H3,(H,29,34)(H,30,33)/t20-,24+/m1/s1. The molecule has 8 heteroatoms. The number of hydrogen-bond acceptors (Lipinski definition) is 6. The van der Waals surface area contributed by atoms with Crippen molar-refractivity contribution in [1.82, 2.24) is 20.8 Å². The summed E-state index contributed by atoms with van der Waals surface area (Å²) in [5.41, 5.74) is 3.78. The van der Waals surface area contributed by atoms with Gasteiger partial charge in [0.25, 0.3) is 0 Å². The number of carbonyl (C=O) groups excluding carboxylic acids is 2. The molecule has 0 saturated heterocycles.